The standard InChI is InChI=1S/C8H7IN2O/c1-12-8-4-6(9)5-11-7(8)2-3-10-11/h2-5H,1H3. The molecule has 0 amide bonds. The van der Waals surface area contributed by atoms with Gasteiger partial charge in [-0.15, -0.1) is 0 Å². The van der Waals surface area contributed by atoms with E-state index in [2.05, 4.69) is 27.7 Å². The Bertz CT molecular complexity index is 410. The highest BCUT2D eigenvalue weighted by Gasteiger charge is 2.02. The first kappa shape index (κ1) is 7.85. The maximum absolute atomic E-state index is 5.20. The van der Waals surface area contributed by atoms with Crippen LogP contribution in [0.4, 0.5) is 0 Å². The van der Waals surface area contributed by atoms with Gasteiger partial charge in [0.2, 0.25) is 0 Å². The number of aromatic nitrogens is 2. The molecule has 0 spiro atoms. The van der Waals surface area contributed by atoms with Gasteiger partial charge in [-0.2, -0.15) is 5.10 Å². The summed E-state index contributed by atoms with van der Waals surface area (Å²) < 4.78 is 8.12. The van der Waals surface area contributed by atoms with E-state index in [-0.39, 0.29) is 0 Å². The van der Waals surface area contributed by atoms with Gasteiger partial charge in [0.25, 0.3) is 0 Å². The van der Waals surface area contributed by atoms with Crippen LogP contribution in [0.3, 0.4) is 0 Å². The van der Waals surface area contributed by atoms with Crippen LogP contribution in [0.1, 0.15) is 0 Å². The van der Waals surface area contributed by atoms with Crippen molar-refractivity contribution in [3.8, 4) is 5.75 Å². The molecule has 3 nitrogen and oxygen atoms in total. The number of halogens is 1. The number of pyridine rings is 1. The van der Waals surface area contributed by atoms with E-state index < -0.39 is 0 Å². The molecule has 2 aromatic heterocycles. The molecule has 2 aromatic rings. The molecule has 12 heavy (non-hydrogen) atoms. The van der Waals surface area contributed by atoms with Crippen molar-refractivity contribution in [3.63, 3.8) is 0 Å². The molecule has 0 bridgehead atoms. The third kappa shape index (κ3) is 1.16. The van der Waals surface area contributed by atoms with Crippen molar-refractivity contribution in [2.75, 3.05) is 7.11 Å². The zero-order valence-electron chi connectivity index (χ0n) is 6.49. The third-order valence-electron chi connectivity index (χ3n) is 1.66. The molecule has 0 aliphatic rings. The Labute approximate surface area is 83.5 Å². The predicted molar refractivity (Wildman–Crippen MR) is 54.5 cm³/mol. The highest BCUT2D eigenvalue weighted by atomic mass is 127. The molecule has 0 aliphatic heterocycles. The number of rotatable bonds is 1. The summed E-state index contributed by atoms with van der Waals surface area (Å²) in [5.74, 6) is 0.861. The van der Waals surface area contributed by atoms with Crippen molar-refractivity contribution in [1.29, 1.82) is 0 Å². The summed E-state index contributed by atoms with van der Waals surface area (Å²) in [5.41, 5.74) is 0.998. The van der Waals surface area contributed by atoms with E-state index in [4.69, 9.17) is 4.74 Å². The first-order chi connectivity index (χ1) is 5.81. The number of hydrogen-bond donors (Lipinski definition) is 0. The molecule has 0 fully saturated rings. The van der Waals surface area contributed by atoms with Crippen LogP contribution in [0.5, 0.6) is 5.75 Å². The second kappa shape index (κ2) is 2.93. The largest absolute Gasteiger partial charge is 0.494 e. The van der Waals surface area contributed by atoms with Crippen LogP contribution in [-0.4, -0.2) is 16.7 Å². The zero-order valence-corrected chi connectivity index (χ0v) is 8.65. The molecule has 0 aliphatic carbocycles. The van der Waals surface area contributed by atoms with Gasteiger partial charge >= 0.3 is 0 Å². The van der Waals surface area contributed by atoms with Gasteiger partial charge in [-0.25, -0.2) is 4.52 Å². The van der Waals surface area contributed by atoms with Gasteiger partial charge in [0.05, 0.1) is 13.3 Å². The molecular weight excluding hydrogens is 267 g/mol. The number of fused-ring (bicyclic) bond motifs is 1. The van der Waals surface area contributed by atoms with Crippen LogP contribution >= 0.6 is 22.6 Å². The minimum Gasteiger partial charge on any atom is -0.494 e. The molecule has 0 atom stereocenters. The average Bonchev–Trinajstić information content (AvgIpc) is 2.50. The van der Waals surface area contributed by atoms with Gasteiger partial charge in [-0.3, -0.25) is 0 Å². The van der Waals surface area contributed by atoms with E-state index in [1.165, 1.54) is 0 Å². The number of methoxy groups -OCH3 is 1. The van der Waals surface area contributed by atoms with Gasteiger partial charge in [-0.1, -0.05) is 0 Å². The second-order valence-corrected chi connectivity index (χ2v) is 3.63. The van der Waals surface area contributed by atoms with Crippen LogP contribution in [0.25, 0.3) is 5.52 Å². The molecule has 0 aromatic carbocycles. The van der Waals surface area contributed by atoms with E-state index in [0.29, 0.717) is 0 Å². The molecule has 0 saturated carbocycles. The summed E-state index contributed by atoms with van der Waals surface area (Å²) in [4.78, 5) is 0. The number of hydrogen-bond acceptors (Lipinski definition) is 2. The number of nitrogens with zero attached hydrogens (tertiary/aromatic N) is 2. The Morgan fingerprint density at radius 3 is 3.17 bits per heavy atom. The van der Waals surface area contributed by atoms with Crippen LogP contribution in [-0.2, 0) is 0 Å². The lowest BCUT2D eigenvalue weighted by molar-refractivity contribution is 0.417. The van der Waals surface area contributed by atoms with E-state index in [1.807, 2.05) is 18.3 Å². The fourth-order valence-electron chi connectivity index (χ4n) is 1.13. The first-order valence-electron chi connectivity index (χ1n) is 3.48. The SMILES string of the molecule is COc1cc(I)cn2nccc12. The molecular formula is C8H7IN2O. The lowest BCUT2D eigenvalue weighted by Crippen LogP contribution is -1.92. The Morgan fingerprint density at radius 1 is 1.58 bits per heavy atom. The highest BCUT2D eigenvalue weighted by Crippen LogP contribution is 2.21. The lowest BCUT2D eigenvalue weighted by atomic mass is 10.4. The van der Waals surface area contributed by atoms with Crippen molar-refractivity contribution in [3.05, 3.63) is 28.1 Å². The second-order valence-electron chi connectivity index (χ2n) is 2.39. The topological polar surface area (TPSA) is 26.5 Å². The van der Waals surface area contributed by atoms with Crippen molar-refractivity contribution in [2.45, 2.75) is 0 Å². The summed E-state index contributed by atoms with van der Waals surface area (Å²) in [6, 6.07) is 3.91. The van der Waals surface area contributed by atoms with E-state index in [9.17, 15) is 0 Å². The fraction of sp³-hybridized carbons (Fsp3) is 0.125. The Kier molecular flexibility index (Phi) is 1.92. The summed E-state index contributed by atoms with van der Waals surface area (Å²) in [7, 11) is 1.67. The quantitative estimate of drug-likeness (QED) is 0.743. The van der Waals surface area contributed by atoms with Gasteiger partial charge in [0.15, 0.2) is 0 Å². The van der Waals surface area contributed by atoms with Crippen molar-refractivity contribution in [1.82, 2.24) is 9.61 Å². The monoisotopic (exact) mass is 274 g/mol. The van der Waals surface area contributed by atoms with Crippen LogP contribution in [0.2, 0.25) is 0 Å². The number of ether oxygens (including phenoxy) is 1. The Hall–Kier alpha value is -0.780. The molecule has 2 rings (SSSR count). The third-order valence-corrected chi connectivity index (χ3v) is 2.25. The molecule has 4 heteroatoms. The summed E-state index contributed by atoms with van der Waals surface area (Å²) in [5, 5.41) is 4.12. The van der Waals surface area contributed by atoms with Gasteiger partial charge in [-0.05, 0) is 34.7 Å². The molecule has 0 N–H and O–H groups in total. The molecule has 2 heterocycles. The van der Waals surface area contributed by atoms with Crippen LogP contribution in [0, 0.1) is 3.57 Å². The Balaban J connectivity index is 2.80. The van der Waals surface area contributed by atoms with Gasteiger partial charge < -0.3 is 4.74 Å². The molecule has 0 saturated heterocycles. The molecule has 0 unspecified atom stereocenters. The zero-order chi connectivity index (χ0) is 8.55. The maximum atomic E-state index is 5.20. The van der Waals surface area contributed by atoms with Gasteiger partial charge in [0, 0.05) is 9.77 Å². The molecule has 62 valence electrons. The lowest BCUT2D eigenvalue weighted by Gasteiger charge is -2.02. The van der Waals surface area contributed by atoms with Crippen LogP contribution in [0.15, 0.2) is 24.5 Å². The average molecular weight is 274 g/mol. The van der Waals surface area contributed by atoms with Crippen LogP contribution < -0.4 is 4.74 Å². The fourth-order valence-corrected chi connectivity index (χ4v) is 1.68. The van der Waals surface area contributed by atoms with Crippen molar-refractivity contribution in [2.24, 2.45) is 0 Å². The summed E-state index contributed by atoms with van der Waals surface area (Å²) in [6.07, 6.45) is 3.71. The summed E-state index contributed by atoms with van der Waals surface area (Å²) >= 11 is 2.23. The minimum atomic E-state index is 0.861. The van der Waals surface area contributed by atoms with E-state index in [1.54, 1.807) is 17.8 Å². The highest BCUT2D eigenvalue weighted by molar-refractivity contribution is 14.1. The van der Waals surface area contributed by atoms with E-state index >= 15 is 0 Å². The summed E-state index contributed by atoms with van der Waals surface area (Å²) in [6.45, 7) is 0. The van der Waals surface area contributed by atoms with Crippen molar-refractivity contribution < 1.29 is 4.74 Å². The Morgan fingerprint density at radius 2 is 2.42 bits per heavy atom. The predicted octanol–water partition coefficient (Wildman–Crippen LogP) is 1.95. The smallest absolute Gasteiger partial charge is 0.145 e. The maximum Gasteiger partial charge on any atom is 0.145 e. The van der Waals surface area contributed by atoms with E-state index in [0.717, 1.165) is 14.8 Å². The normalized spacial score (nSPS) is 10.5. The minimum absolute atomic E-state index is 0.861. The first-order valence-corrected chi connectivity index (χ1v) is 4.56. The molecule has 0 radical (unpaired) electrons. The van der Waals surface area contributed by atoms with Gasteiger partial charge in [0.1, 0.15) is 11.3 Å². The van der Waals surface area contributed by atoms with Crippen molar-refractivity contribution >= 4 is 28.1 Å².